The summed E-state index contributed by atoms with van der Waals surface area (Å²) in [6, 6.07) is 1.62. The Hall–Kier alpha value is -1.67. The van der Waals surface area contributed by atoms with Gasteiger partial charge in [0.1, 0.15) is 10.9 Å². The molecule has 2 N–H and O–H groups in total. The van der Waals surface area contributed by atoms with Gasteiger partial charge in [0.2, 0.25) is 0 Å². The number of ether oxygens (including phenoxy) is 1. The molecular formula is C12H14N4O2S2. The Balaban J connectivity index is 2.20. The van der Waals surface area contributed by atoms with E-state index in [0.29, 0.717) is 22.9 Å². The van der Waals surface area contributed by atoms with Gasteiger partial charge in [-0.2, -0.15) is 4.37 Å². The first-order valence-electron chi connectivity index (χ1n) is 6.07. The summed E-state index contributed by atoms with van der Waals surface area (Å²) in [4.78, 5) is 20.3. The molecule has 2 aromatic rings. The van der Waals surface area contributed by atoms with Gasteiger partial charge in [-0.1, -0.05) is 6.92 Å². The molecule has 0 spiro atoms. The van der Waals surface area contributed by atoms with Crippen LogP contribution in [0.2, 0.25) is 0 Å². The van der Waals surface area contributed by atoms with E-state index in [1.54, 1.807) is 13.0 Å². The number of carbonyl (C=O) groups is 1. The summed E-state index contributed by atoms with van der Waals surface area (Å²) in [7, 11) is 0. The highest BCUT2D eigenvalue weighted by Crippen LogP contribution is 2.29. The Bertz CT molecular complexity index is 615. The molecule has 0 unspecified atom stereocenters. The van der Waals surface area contributed by atoms with Gasteiger partial charge in [0, 0.05) is 6.42 Å². The molecule has 2 heterocycles. The third kappa shape index (κ3) is 3.45. The highest BCUT2D eigenvalue weighted by atomic mass is 32.2. The van der Waals surface area contributed by atoms with Crippen molar-refractivity contribution in [2.75, 3.05) is 12.3 Å². The predicted molar refractivity (Wildman–Crippen MR) is 78.0 cm³/mol. The van der Waals surface area contributed by atoms with E-state index in [1.165, 1.54) is 29.5 Å². The molecule has 0 bridgehead atoms. The van der Waals surface area contributed by atoms with Crippen LogP contribution in [0.5, 0.6) is 0 Å². The smallest absolute Gasteiger partial charge is 0.340 e. The number of aryl methyl sites for hydroxylation is 1. The number of carbonyl (C=O) groups excluding carboxylic acids is 1. The molecule has 0 aromatic carbocycles. The van der Waals surface area contributed by atoms with Crippen LogP contribution in [0.4, 0.5) is 5.69 Å². The SMILES string of the molecule is CCOC(=O)c1cc(Sc2nc(CC)ns2)ncc1N. The standard InChI is InChI=1S/C12H14N4O2S2/c1-3-9-15-12(20-16-9)19-10-5-7(8(13)6-14-10)11(17)18-4-2/h5-6H,3-4,13H2,1-2H3. The largest absolute Gasteiger partial charge is 0.462 e. The van der Waals surface area contributed by atoms with Crippen LogP contribution in [0.15, 0.2) is 21.6 Å². The van der Waals surface area contributed by atoms with Gasteiger partial charge < -0.3 is 10.5 Å². The van der Waals surface area contributed by atoms with Crippen LogP contribution in [0, 0.1) is 0 Å². The Morgan fingerprint density at radius 1 is 1.50 bits per heavy atom. The average molecular weight is 310 g/mol. The summed E-state index contributed by atoms with van der Waals surface area (Å²) in [5.74, 6) is 0.360. The summed E-state index contributed by atoms with van der Waals surface area (Å²) in [6.07, 6.45) is 2.25. The highest BCUT2D eigenvalue weighted by Gasteiger charge is 2.14. The molecule has 0 amide bonds. The number of nitrogens with two attached hydrogens (primary N) is 1. The van der Waals surface area contributed by atoms with E-state index in [9.17, 15) is 4.79 Å². The van der Waals surface area contributed by atoms with Gasteiger partial charge in [0.05, 0.1) is 24.1 Å². The zero-order chi connectivity index (χ0) is 14.5. The predicted octanol–water partition coefficient (Wildman–Crippen LogP) is 2.41. The molecule has 0 radical (unpaired) electrons. The number of rotatable bonds is 5. The second kappa shape index (κ2) is 6.67. The van der Waals surface area contributed by atoms with Crippen LogP contribution >= 0.6 is 23.3 Å². The lowest BCUT2D eigenvalue weighted by atomic mass is 10.2. The van der Waals surface area contributed by atoms with Gasteiger partial charge in [-0.15, -0.1) is 0 Å². The highest BCUT2D eigenvalue weighted by molar-refractivity contribution is 8.00. The fraction of sp³-hybridized carbons (Fsp3) is 0.333. The lowest BCUT2D eigenvalue weighted by molar-refractivity contribution is 0.0527. The molecule has 0 saturated carbocycles. The number of anilines is 1. The van der Waals surface area contributed by atoms with E-state index >= 15 is 0 Å². The van der Waals surface area contributed by atoms with Crippen molar-refractivity contribution in [1.29, 1.82) is 0 Å². The van der Waals surface area contributed by atoms with E-state index in [4.69, 9.17) is 10.5 Å². The molecule has 0 saturated heterocycles. The number of nitrogen functional groups attached to an aromatic ring is 1. The second-order valence-electron chi connectivity index (χ2n) is 3.76. The molecule has 6 nitrogen and oxygen atoms in total. The molecule has 20 heavy (non-hydrogen) atoms. The molecule has 2 aromatic heterocycles. The van der Waals surface area contributed by atoms with Crippen LogP contribution < -0.4 is 5.73 Å². The van der Waals surface area contributed by atoms with Crippen molar-refractivity contribution >= 4 is 35.0 Å². The van der Waals surface area contributed by atoms with Gasteiger partial charge in [0.25, 0.3) is 0 Å². The van der Waals surface area contributed by atoms with E-state index in [2.05, 4.69) is 14.3 Å². The maximum absolute atomic E-state index is 11.8. The molecular weight excluding hydrogens is 296 g/mol. The molecule has 8 heteroatoms. The van der Waals surface area contributed by atoms with E-state index in [0.717, 1.165) is 16.6 Å². The number of pyridine rings is 1. The number of esters is 1. The van der Waals surface area contributed by atoms with Gasteiger partial charge in [-0.05, 0) is 36.3 Å². The quantitative estimate of drug-likeness (QED) is 0.848. The van der Waals surface area contributed by atoms with Crippen molar-refractivity contribution in [3.05, 3.63) is 23.7 Å². The molecule has 0 aliphatic carbocycles. The summed E-state index contributed by atoms with van der Waals surface area (Å²) in [5.41, 5.74) is 6.37. The van der Waals surface area contributed by atoms with E-state index in [1.807, 2.05) is 6.92 Å². The molecule has 0 aliphatic heterocycles. The van der Waals surface area contributed by atoms with Crippen LogP contribution in [0.25, 0.3) is 0 Å². The zero-order valence-corrected chi connectivity index (χ0v) is 12.8. The third-order valence-electron chi connectivity index (χ3n) is 2.36. The molecule has 2 rings (SSSR count). The Labute approximate surface area is 124 Å². The third-order valence-corrected chi connectivity index (χ3v) is 4.08. The minimum Gasteiger partial charge on any atom is -0.462 e. The first-order chi connectivity index (χ1) is 9.63. The first kappa shape index (κ1) is 14.7. The molecule has 106 valence electrons. The second-order valence-corrected chi connectivity index (χ2v) is 5.78. The summed E-state index contributed by atoms with van der Waals surface area (Å²) in [6.45, 7) is 4.05. The van der Waals surface area contributed by atoms with Crippen LogP contribution in [-0.4, -0.2) is 26.9 Å². The van der Waals surface area contributed by atoms with Crippen LogP contribution in [-0.2, 0) is 11.2 Å². The minimum absolute atomic E-state index is 0.305. The van der Waals surface area contributed by atoms with E-state index in [-0.39, 0.29) is 0 Å². The topological polar surface area (TPSA) is 91.0 Å². The van der Waals surface area contributed by atoms with Crippen molar-refractivity contribution < 1.29 is 9.53 Å². The van der Waals surface area contributed by atoms with Crippen molar-refractivity contribution in [3.8, 4) is 0 Å². The fourth-order valence-corrected chi connectivity index (χ4v) is 3.03. The molecule has 0 atom stereocenters. The molecule has 0 aliphatic rings. The number of nitrogens with zero attached hydrogens (tertiary/aromatic N) is 3. The van der Waals surface area contributed by atoms with Crippen molar-refractivity contribution in [2.45, 2.75) is 29.6 Å². The Kier molecular flexibility index (Phi) is 4.91. The number of hydrogen-bond donors (Lipinski definition) is 1. The maximum Gasteiger partial charge on any atom is 0.340 e. The maximum atomic E-state index is 11.8. The molecule has 0 fully saturated rings. The van der Waals surface area contributed by atoms with Gasteiger partial charge in [-0.25, -0.2) is 14.8 Å². The van der Waals surface area contributed by atoms with Gasteiger partial charge in [0.15, 0.2) is 4.34 Å². The minimum atomic E-state index is -0.444. The summed E-state index contributed by atoms with van der Waals surface area (Å²) < 4.78 is 9.94. The summed E-state index contributed by atoms with van der Waals surface area (Å²) in [5, 5.41) is 0.640. The first-order valence-corrected chi connectivity index (χ1v) is 7.66. The van der Waals surface area contributed by atoms with Crippen molar-refractivity contribution in [3.63, 3.8) is 0 Å². The monoisotopic (exact) mass is 310 g/mol. The zero-order valence-electron chi connectivity index (χ0n) is 11.1. The van der Waals surface area contributed by atoms with Gasteiger partial charge >= 0.3 is 5.97 Å². The normalized spacial score (nSPS) is 10.5. The van der Waals surface area contributed by atoms with Crippen LogP contribution in [0.3, 0.4) is 0 Å². The fourth-order valence-electron chi connectivity index (χ4n) is 1.40. The van der Waals surface area contributed by atoms with E-state index < -0.39 is 5.97 Å². The van der Waals surface area contributed by atoms with Gasteiger partial charge in [-0.3, -0.25) is 0 Å². The van der Waals surface area contributed by atoms with Crippen molar-refractivity contribution in [2.24, 2.45) is 0 Å². The lowest BCUT2D eigenvalue weighted by Crippen LogP contribution is -2.08. The van der Waals surface area contributed by atoms with Crippen LogP contribution in [0.1, 0.15) is 30.0 Å². The van der Waals surface area contributed by atoms with Crippen molar-refractivity contribution in [1.82, 2.24) is 14.3 Å². The number of aromatic nitrogens is 3. The average Bonchev–Trinajstić information content (AvgIpc) is 2.89. The lowest BCUT2D eigenvalue weighted by Gasteiger charge is -2.06. The Morgan fingerprint density at radius 3 is 2.95 bits per heavy atom. The number of hydrogen-bond acceptors (Lipinski definition) is 8. The Morgan fingerprint density at radius 2 is 2.30 bits per heavy atom. The summed E-state index contributed by atoms with van der Waals surface area (Å²) >= 11 is 2.66.